The molecule has 2 atom stereocenters. The molecule has 2 heteroatoms. The molecule has 1 aromatic carbocycles. The van der Waals surface area contributed by atoms with Crippen molar-refractivity contribution >= 4 is 10.4 Å². The van der Waals surface area contributed by atoms with Gasteiger partial charge in [-0.1, -0.05) is 0 Å². The summed E-state index contributed by atoms with van der Waals surface area (Å²) in [6, 6.07) is 9.48. The van der Waals surface area contributed by atoms with E-state index in [1.807, 2.05) is 0 Å². The summed E-state index contributed by atoms with van der Waals surface area (Å²) < 4.78 is 3.19. The van der Waals surface area contributed by atoms with E-state index in [1.165, 1.54) is 11.1 Å². The van der Waals surface area contributed by atoms with E-state index >= 15 is 0 Å². The van der Waals surface area contributed by atoms with E-state index in [0.29, 0.717) is 10.3 Å². The third kappa shape index (κ3) is 3.64. The Morgan fingerprint density at radius 3 is 2.58 bits per heavy atom. The molecule has 2 aliphatic rings. The minimum atomic E-state index is -0.0981. The van der Waals surface area contributed by atoms with Gasteiger partial charge in [0.25, 0.3) is 0 Å². The van der Waals surface area contributed by atoms with Gasteiger partial charge in [-0.2, -0.15) is 0 Å². The first kappa shape index (κ1) is 17.8. The van der Waals surface area contributed by atoms with Gasteiger partial charge in [-0.25, -0.2) is 0 Å². The summed E-state index contributed by atoms with van der Waals surface area (Å²) in [6.07, 6.45) is 11.7. The van der Waals surface area contributed by atoms with Crippen molar-refractivity contribution in [3.63, 3.8) is 0 Å². The quantitative estimate of drug-likeness (QED) is 0.629. The molecule has 0 amide bonds. The number of likely N-dealkylation sites (N-methyl/N-ethyl adjacent to an activating group) is 1. The Hall–Kier alpha value is -1.02. The molecule has 0 radical (unpaired) electrons. The third-order valence-corrected chi connectivity index (χ3v) is 7.39. The molecule has 0 N–H and O–H groups in total. The van der Waals surface area contributed by atoms with Crippen LogP contribution in [0.4, 0.5) is 0 Å². The van der Waals surface area contributed by atoms with Crippen LogP contribution in [0.5, 0.6) is 0 Å². The van der Waals surface area contributed by atoms with Gasteiger partial charge >= 0.3 is 156 Å². The second kappa shape index (κ2) is 8.38. The van der Waals surface area contributed by atoms with Gasteiger partial charge in [0.2, 0.25) is 0 Å². The van der Waals surface area contributed by atoms with Crippen molar-refractivity contribution < 1.29 is 18.7 Å². The van der Waals surface area contributed by atoms with Gasteiger partial charge in [0.15, 0.2) is 0 Å². The van der Waals surface area contributed by atoms with E-state index in [2.05, 4.69) is 78.6 Å². The summed E-state index contributed by atoms with van der Waals surface area (Å²) in [7, 11) is 0. The number of allylic oxidation sites excluding steroid dienone is 3. The SMILES string of the molecule is C[CH]=[Ti][CH](C1=CC=CC1)C(C1=Cc2ccccc2C1)N(CC)CC. The zero-order valence-corrected chi connectivity index (χ0v) is 16.7. The van der Waals surface area contributed by atoms with Crippen LogP contribution in [0.1, 0.15) is 38.3 Å². The average Bonchev–Trinajstić information content (AvgIpc) is 3.26. The molecule has 0 heterocycles. The predicted octanol–water partition coefficient (Wildman–Crippen LogP) is 4.92. The zero-order chi connectivity index (χ0) is 16.9. The van der Waals surface area contributed by atoms with Crippen molar-refractivity contribution in [2.45, 2.75) is 43.9 Å². The molecule has 0 saturated carbocycles. The molecule has 0 spiro atoms. The van der Waals surface area contributed by atoms with Crippen LogP contribution in [0.25, 0.3) is 6.08 Å². The number of fused-ring (bicyclic) bond motifs is 1. The molecule has 0 aliphatic heterocycles. The van der Waals surface area contributed by atoms with Crippen LogP contribution in [-0.4, -0.2) is 28.3 Å². The fourth-order valence-electron chi connectivity index (χ4n) is 4.05. The summed E-state index contributed by atoms with van der Waals surface area (Å²) >= 11 is -0.0981. The molecule has 1 nitrogen and oxygen atoms in total. The summed E-state index contributed by atoms with van der Waals surface area (Å²) in [4.78, 5) is 2.69. The molecule has 0 fully saturated rings. The molecule has 2 unspecified atom stereocenters. The third-order valence-electron chi connectivity index (χ3n) is 5.24. The summed E-state index contributed by atoms with van der Waals surface area (Å²) in [6.45, 7) is 9.14. The van der Waals surface area contributed by atoms with Gasteiger partial charge in [0.1, 0.15) is 0 Å². The van der Waals surface area contributed by atoms with Crippen molar-refractivity contribution in [2.75, 3.05) is 13.1 Å². The molecular formula is C22H28NTi. The molecule has 0 aromatic heterocycles. The molecule has 125 valence electrons. The van der Waals surface area contributed by atoms with Crippen molar-refractivity contribution in [3.05, 3.63) is 64.8 Å². The number of benzene rings is 1. The molecule has 1 aromatic rings. The number of hydrogen-bond donors (Lipinski definition) is 0. The second-order valence-corrected chi connectivity index (χ2v) is 8.96. The molecule has 3 rings (SSSR count). The Morgan fingerprint density at radius 2 is 1.96 bits per heavy atom. The van der Waals surface area contributed by atoms with Crippen molar-refractivity contribution in [1.82, 2.24) is 4.90 Å². The number of hydrogen-bond acceptors (Lipinski definition) is 1. The first-order valence-corrected chi connectivity index (χ1v) is 11.0. The van der Waals surface area contributed by atoms with Crippen LogP contribution < -0.4 is 0 Å². The molecule has 0 bridgehead atoms. The maximum atomic E-state index is 2.69. The summed E-state index contributed by atoms with van der Waals surface area (Å²) in [5.74, 6) is 0. The van der Waals surface area contributed by atoms with Gasteiger partial charge in [-0.05, 0) is 0 Å². The van der Waals surface area contributed by atoms with Gasteiger partial charge in [0.05, 0.1) is 0 Å². The summed E-state index contributed by atoms with van der Waals surface area (Å²) in [5, 5.41) is 0. The molecular weight excluding hydrogens is 326 g/mol. The van der Waals surface area contributed by atoms with Crippen molar-refractivity contribution in [3.8, 4) is 0 Å². The first-order valence-electron chi connectivity index (χ1n) is 9.20. The van der Waals surface area contributed by atoms with Gasteiger partial charge < -0.3 is 0 Å². The van der Waals surface area contributed by atoms with Crippen LogP contribution in [0.3, 0.4) is 0 Å². The van der Waals surface area contributed by atoms with Crippen LogP contribution in [0, 0.1) is 0 Å². The fraction of sp³-hybridized carbons (Fsp3) is 0.409. The van der Waals surface area contributed by atoms with Crippen LogP contribution in [-0.2, 0) is 25.1 Å². The average molecular weight is 354 g/mol. The topological polar surface area (TPSA) is 3.24 Å². The Balaban J connectivity index is 1.98. The maximum absolute atomic E-state index is 2.69. The Kier molecular flexibility index (Phi) is 6.22. The Labute approximate surface area is 155 Å². The minimum absolute atomic E-state index is 0.0981. The second-order valence-electron chi connectivity index (χ2n) is 6.57. The number of rotatable bonds is 7. The van der Waals surface area contributed by atoms with Crippen molar-refractivity contribution in [1.29, 1.82) is 0 Å². The zero-order valence-electron chi connectivity index (χ0n) is 15.1. The normalized spacial score (nSPS) is 18.5. The van der Waals surface area contributed by atoms with E-state index in [4.69, 9.17) is 0 Å². The summed E-state index contributed by atoms with van der Waals surface area (Å²) in [5.41, 5.74) is 6.22. The molecule has 2 aliphatic carbocycles. The van der Waals surface area contributed by atoms with Crippen molar-refractivity contribution in [2.24, 2.45) is 0 Å². The van der Waals surface area contributed by atoms with E-state index in [9.17, 15) is 0 Å². The van der Waals surface area contributed by atoms with Crippen LogP contribution in [0.2, 0.25) is 4.22 Å². The van der Waals surface area contributed by atoms with Gasteiger partial charge in [0, 0.05) is 0 Å². The van der Waals surface area contributed by atoms with Gasteiger partial charge in [-0.15, -0.1) is 0 Å². The van der Waals surface area contributed by atoms with Gasteiger partial charge in [-0.3, -0.25) is 0 Å². The Bertz CT molecular complexity index is 692. The van der Waals surface area contributed by atoms with Crippen LogP contribution >= 0.6 is 0 Å². The van der Waals surface area contributed by atoms with E-state index < -0.39 is 0 Å². The molecule has 24 heavy (non-hydrogen) atoms. The predicted molar refractivity (Wildman–Crippen MR) is 102 cm³/mol. The fourth-order valence-corrected chi connectivity index (χ4v) is 6.23. The van der Waals surface area contributed by atoms with E-state index in [-0.39, 0.29) is 18.7 Å². The standard InChI is InChI=1S/C20H24N.C2H4.Ti/c1-3-21(4-2)20(13-16-9-5-6-10-16)19-14-17-11-7-8-12-18(17)15-19;1-2;/h5-9,11-14,20H,3-4,10,15H2,1-2H3;1H,2H3;. The van der Waals surface area contributed by atoms with E-state index in [1.54, 1.807) is 11.1 Å². The monoisotopic (exact) mass is 354 g/mol. The van der Waals surface area contributed by atoms with E-state index in [0.717, 1.165) is 25.9 Å². The molecule has 0 saturated heterocycles. The van der Waals surface area contributed by atoms with Crippen LogP contribution in [0.15, 0.2) is 53.6 Å². The Morgan fingerprint density at radius 1 is 1.17 bits per heavy atom. The first-order chi connectivity index (χ1) is 11.8. The number of nitrogens with zero attached hydrogens (tertiary/aromatic N) is 1.